The summed E-state index contributed by atoms with van der Waals surface area (Å²) in [5, 5.41) is 8.50. The third kappa shape index (κ3) is 4.55. The van der Waals surface area contributed by atoms with Crippen LogP contribution in [-0.2, 0) is 6.54 Å². The Morgan fingerprint density at radius 1 is 1.20 bits per heavy atom. The Kier molecular flexibility index (Phi) is 5.30. The first-order valence-electron chi connectivity index (χ1n) is 7.37. The SMILES string of the molecule is CC(=O)c1ccc(Nc2nc(CNC(=O)c3ccc(Br)o3)cs2)cc1. The first-order valence-corrected chi connectivity index (χ1v) is 9.04. The van der Waals surface area contributed by atoms with E-state index in [2.05, 4.69) is 31.5 Å². The minimum Gasteiger partial charge on any atom is -0.444 e. The average molecular weight is 420 g/mol. The zero-order valence-corrected chi connectivity index (χ0v) is 15.6. The van der Waals surface area contributed by atoms with Gasteiger partial charge in [-0.3, -0.25) is 9.59 Å². The molecule has 8 heteroatoms. The normalized spacial score (nSPS) is 10.5. The molecule has 1 amide bonds. The largest absolute Gasteiger partial charge is 0.444 e. The summed E-state index contributed by atoms with van der Waals surface area (Å²) in [6, 6.07) is 10.4. The molecule has 0 spiro atoms. The number of thiazole rings is 1. The molecule has 25 heavy (non-hydrogen) atoms. The molecule has 0 aliphatic rings. The van der Waals surface area contributed by atoms with Gasteiger partial charge in [-0.25, -0.2) is 4.98 Å². The molecule has 0 saturated carbocycles. The highest BCUT2D eigenvalue weighted by molar-refractivity contribution is 9.10. The van der Waals surface area contributed by atoms with Gasteiger partial charge in [0.2, 0.25) is 0 Å². The third-order valence-electron chi connectivity index (χ3n) is 3.32. The van der Waals surface area contributed by atoms with E-state index in [1.165, 1.54) is 18.3 Å². The van der Waals surface area contributed by atoms with Crippen LogP contribution < -0.4 is 10.6 Å². The number of benzene rings is 1. The fraction of sp³-hybridized carbons (Fsp3) is 0.118. The summed E-state index contributed by atoms with van der Waals surface area (Å²) < 4.78 is 5.70. The van der Waals surface area contributed by atoms with Crippen LogP contribution in [0.25, 0.3) is 0 Å². The van der Waals surface area contributed by atoms with Crippen molar-refractivity contribution in [1.29, 1.82) is 0 Å². The summed E-state index contributed by atoms with van der Waals surface area (Å²) in [5.74, 6) is -0.0264. The minimum atomic E-state index is -0.298. The molecule has 0 bridgehead atoms. The molecule has 2 N–H and O–H groups in total. The van der Waals surface area contributed by atoms with E-state index in [9.17, 15) is 9.59 Å². The van der Waals surface area contributed by atoms with Crippen LogP contribution in [0.15, 0.2) is 50.9 Å². The number of carbonyl (C=O) groups excluding carboxylic acids is 2. The monoisotopic (exact) mass is 419 g/mol. The zero-order chi connectivity index (χ0) is 17.8. The summed E-state index contributed by atoms with van der Waals surface area (Å²) in [7, 11) is 0. The lowest BCUT2D eigenvalue weighted by Crippen LogP contribution is -2.22. The van der Waals surface area contributed by atoms with Crippen molar-refractivity contribution in [3.05, 3.63) is 63.5 Å². The molecule has 128 valence electrons. The van der Waals surface area contributed by atoms with Gasteiger partial charge in [0.1, 0.15) is 0 Å². The van der Waals surface area contributed by atoms with Crippen LogP contribution in [0.5, 0.6) is 0 Å². The van der Waals surface area contributed by atoms with Crippen LogP contribution in [0.4, 0.5) is 10.8 Å². The van der Waals surface area contributed by atoms with Crippen LogP contribution >= 0.6 is 27.3 Å². The number of nitrogens with zero attached hydrogens (tertiary/aromatic N) is 1. The molecule has 0 atom stereocenters. The van der Waals surface area contributed by atoms with Crippen molar-refractivity contribution >= 4 is 49.8 Å². The van der Waals surface area contributed by atoms with Crippen molar-refractivity contribution in [2.24, 2.45) is 0 Å². The topological polar surface area (TPSA) is 84.2 Å². The van der Waals surface area contributed by atoms with Gasteiger partial charge in [-0.1, -0.05) is 0 Å². The summed E-state index contributed by atoms with van der Waals surface area (Å²) in [4.78, 5) is 27.6. The lowest BCUT2D eigenvalue weighted by molar-refractivity contribution is 0.0921. The number of nitrogens with one attached hydrogen (secondary N) is 2. The Bertz CT molecular complexity index is 902. The molecular formula is C17H14BrN3O3S. The maximum absolute atomic E-state index is 11.9. The average Bonchev–Trinajstić information content (AvgIpc) is 3.22. The number of hydrogen-bond donors (Lipinski definition) is 2. The molecule has 3 aromatic rings. The van der Waals surface area contributed by atoms with Crippen LogP contribution in [0.1, 0.15) is 33.5 Å². The van der Waals surface area contributed by atoms with Gasteiger partial charge in [-0.05, 0) is 59.3 Å². The number of anilines is 2. The number of rotatable bonds is 6. The fourth-order valence-electron chi connectivity index (χ4n) is 2.05. The number of amides is 1. The molecule has 2 heterocycles. The number of hydrogen-bond acceptors (Lipinski definition) is 6. The second-order valence-electron chi connectivity index (χ2n) is 5.19. The Hall–Kier alpha value is -2.45. The summed E-state index contributed by atoms with van der Waals surface area (Å²) >= 11 is 4.59. The van der Waals surface area contributed by atoms with E-state index in [0.717, 1.165) is 11.4 Å². The minimum absolute atomic E-state index is 0.0300. The Balaban J connectivity index is 1.57. The maximum Gasteiger partial charge on any atom is 0.287 e. The van der Waals surface area contributed by atoms with E-state index in [0.29, 0.717) is 21.9 Å². The van der Waals surface area contributed by atoms with Gasteiger partial charge in [0, 0.05) is 16.6 Å². The quantitative estimate of drug-likeness (QED) is 0.579. The highest BCUT2D eigenvalue weighted by Crippen LogP contribution is 2.21. The molecule has 0 saturated heterocycles. The van der Waals surface area contributed by atoms with Crippen molar-refractivity contribution in [3.63, 3.8) is 0 Å². The summed E-state index contributed by atoms with van der Waals surface area (Å²) in [6.07, 6.45) is 0. The van der Waals surface area contributed by atoms with Gasteiger partial charge >= 0.3 is 0 Å². The Morgan fingerprint density at radius 3 is 2.60 bits per heavy atom. The van der Waals surface area contributed by atoms with Crippen molar-refractivity contribution in [3.8, 4) is 0 Å². The first kappa shape index (κ1) is 17.4. The lowest BCUT2D eigenvalue weighted by atomic mass is 10.1. The number of halogens is 1. The molecule has 3 rings (SSSR count). The molecule has 2 aromatic heterocycles. The van der Waals surface area contributed by atoms with Gasteiger partial charge in [-0.2, -0.15) is 0 Å². The number of ketones is 1. The van der Waals surface area contributed by atoms with Crippen LogP contribution in [0, 0.1) is 0 Å². The van der Waals surface area contributed by atoms with E-state index >= 15 is 0 Å². The fourth-order valence-corrected chi connectivity index (χ4v) is 3.09. The van der Waals surface area contributed by atoms with Gasteiger partial charge < -0.3 is 15.1 Å². The summed E-state index contributed by atoms with van der Waals surface area (Å²) in [5.41, 5.74) is 2.25. The van der Waals surface area contributed by atoms with Crippen LogP contribution in [-0.4, -0.2) is 16.7 Å². The van der Waals surface area contributed by atoms with Crippen LogP contribution in [0.2, 0.25) is 0 Å². The standard InChI is InChI=1S/C17H14BrN3O3S/c1-10(22)11-2-4-12(5-3-11)20-17-21-13(9-25-17)8-19-16(23)14-6-7-15(18)24-14/h2-7,9H,8H2,1H3,(H,19,23)(H,20,21). The molecule has 0 aliphatic heterocycles. The predicted molar refractivity (Wildman–Crippen MR) is 99.4 cm³/mol. The lowest BCUT2D eigenvalue weighted by Gasteiger charge is -2.03. The highest BCUT2D eigenvalue weighted by Gasteiger charge is 2.11. The summed E-state index contributed by atoms with van der Waals surface area (Å²) in [6.45, 7) is 1.84. The van der Waals surface area contributed by atoms with Gasteiger partial charge in [0.15, 0.2) is 21.3 Å². The van der Waals surface area contributed by atoms with Crippen LogP contribution in [0.3, 0.4) is 0 Å². The molecular weight excluding hydrogens is 406 g/mol. The molecule has 0 radical (unpaired) electrons. The maximum atomic E-state index is 11.9. The Labute approximate surface area is 156 Å². The van der Waals surface area contributed by atoms with Gasteiger partial charge in [-0.15, -0.1) is 11.3 Å². The predicted octanol–water partition coefficient (Wildman–Crippen LogP) is 4.37. The van der Waals surface area contributed by atoms with E-state index in [4.69, 9.17) is 4.42 Å². The molecule has 0 aliphatic carbocycles. The zero-order valence-electron chi connectivity index (χ0n) is 13.2. The van der Waals surface area contributed by atoms with Gasteiger partial charge in [0.05, 0.1) is 12.2 Å². The molecule has 1 aromatic carbocycles. The molecule has 6 nitrogen and oxygen atoms in total. The molecule has 0 fully saturated rings. The number of furan rings is 1. The number of Topliss-reactive ketones (excluding diaryl/α,β-unsaturated/α-hetero) is 1. The third-order valence-corrected chi connectivity index (χ3v) is 4.55. The van der Waals surface area contributed by atoms with E-state index in [-0.39, 0.29) is 17.5 Å². The highest BCUT2D eigenvalue weighted by atomic mass is 79.9. The van der Waals surface area contributed by atoms with Gasteiger partial charge in [0.25, 0.3) is 5.91 Å². The van der Waals surface area contributed by atoms with Crippen molar-refractivity contribution in [1.82, 2.24) is 10.3 Å². The first-order chi connectivity index (χ1) is 12.0. The van der Waals surface area contributed by atoms with Crippen molar-refractivity contribution in [2.75, 3.05) is 5.32 Å². The molecule has 0 unspecified atom stereocenters. The van der Waals surface area contributed by atoms with E-state index in [1.54, 1.807) is 24.3 Å². The smallest absolute Gasteiger partial charge is 0.287 e. The van der Waals surface area contributed by atoms with E-state index in [1.807, 2.05) is 17.5 Å². The van der Waals surface area contributed by atoms with Crippen molar-refractivity contribution < 1.29 is 14.0 Å². The van der Waals surface area contributed by atoms with Crippen molar-refractivity contribution in [2.45, 2.75) is 13.5 Å². The van der Waals surface area contributed by atoms with E-state index < -0.39 is 0 Å². The second kappa shape index (κ2) is 7.62. The number of aromatic nitrogens is 1. The second-order valence-corrected chi connectivity index (χ2v) is 6.83. The number of carbonyl (C=O) groups is 2. The Morgan fingerprint density at radius 2 is 1.96 bits per heavy atom.